The van der Waals surface area contributed by atoms with Crippen molar-refractivity contribution in [2.75, 3.05) is 0 Å². The lowest BCUT2D eigenvalue weighted by molar-refractivity contribution is 1.24. The van der Waals surface area contributed by atoms with Crippen molar-refractivity contribution in [1.82, 2.24) is 0 Å². The molecule has 0 aliphatic carbocycles. The van der Waals surface area contributed by atoms with E-state index in [0.29, 0.717) is 10.9 Å². The van der Waals surface area contributed by atoms with E-state index in [-0.39, 0.29) is 0 Å². The maximum absolute atomic E-state index is 5.77. The van der Waals surface area contributed by atoms with E-state index in [1.807, 2.05) is 13.0 Å². The molecule has 0 amide bonds. The molecule has 0 aliphatic rings. The number of allylic oxidation sites excluding steroid dienone is 3. The molecule has 0 fully saturated rings. The Morgan fingerprint density at radius 3 is 2.60 bits per heavy atom. The molecule has 0 aliphatic heterocycles. The molecule has 10 heavy (non-hydrogen) atoms. The summed E-state index contributed by atoms with van der Waals surface area (Å²) < 4.78 is 0. The molecule has 0 aromatic heterocycles. The molecule has 0 radical (unpaired) electrons. The van der Waals surface area contributed by atoms with Crippen LogP contribution in [0.4, 0.5) is 0 Å². The number of hydrogen-bond acceptors (Lipinski definition) is 2. The van der Waals surface area contributed by atoms with Crippen LogP contribution >= 0.6 is 11.6 Å². The van der Waals surface area contributed by atoms with Gasteiger partial charge in [-0.15, -0.1) is 0 Å². The maximum atomic E-state index is 5.77. The zero-order valence-electron chi connectivity index (χ0n) is 6.19. The summed E-state index contributed by atoms with van der Waals surface area (Å²) in [5.74, 6) is 0.310. The molecule has 0 atom stereocenters. The van der Waals surface area contributed by atoms with Crippen LogP contribution in [0.15, 0.2) is 27.1 Å². The lowest BCUT2D eigenvalue weighted by atomic mass is 10.4. The summed E-state index contributed by atoms with van der Waals surface area (Å²) >= 11 is 5.77. The molecular formula is C6H11ClN2Si. The van der Waals surface area contributed by atoms with Crippen molar-refractivity contribution >= 4 is 28.6 Å². The summed E-state index contributed by atoms with van der Waals surface area (Å²) in [6.07, 6.45) is 1.92. The molecule has 2 nitrogen and oxygen atoms in total. The standard InChI is InChI=1S/C6H11ClN2Si/c1-3-4(10)5(7)6(8)9-2/h3H,2,8H2,1,10H3/b4-3+,6-5+. The van der Waals surface area contributed by atoms with Crippen LogP contribution in [-0.4, -0.2) is 17.0 Å². The molecule has 0 spiro atoms. The van der Waals surface area contributed by atoms with Crippen molar-refractivity contribution in [2.24, 2.45) is 10.7 Å². The highest BCUT2D eigenvalue weighted by Gasteiger charge is 1.97. The molecular weight excluding hydrogens is 164 g/mol. The molecule has 2 N–H and O–H groups in total. The Morgan fingerprint density at radius 2 is 2.30 bits per heavy atom. The van der Waals surface area contributed by atoms with Gasteiger partial charge in [0, 0.05) is 10.2 Å². The van der Waals surface area contributed by atoms with Crippen LogP contribution < -0.4 is 5.73 Å². The number of rotatable bonds is 2. The van der Waals surface area contributed by atoms with E-state index in [0.717, 1.165) is 15.4 Å². The van der Waals surface area contributed by atoms with Gasteiger partial charge in [0.1, 0.15) is 5.82 Å². The van der Waals surface area contributed by atoms with Gasteiger partial charge in [0.25, 0.3) is 0 Å². The highest BCUT2D eigenvalue weighted by Crippen LogP contribution is 2.13. The van der Waals surface area contributed by atoms with Crippen LogP contribution in [0.1, 0.15) is 6.92 Å². The summed E-state index contributed by atoms with van der Waals surface area (Å²) in [5.41, 5.74) is 5.39. The largest absolute Gasteiger partial charge is 0.382 e. The van der Waals surface area contributed by atoms with Gasteiger partial charge in [-0.05, 0) is 13.6 Å². The van der Waals surface area contributed by atoms with Crippen LogP contribution in [0.3, 0.4) is 0 Å². The van der Waals surface area contributed by atoms with Gasteiger partial charge in [-0.3, -0.25) is 0 Å². The van der Waals surface area contributed by atoms with Crippen molar-refractivity contribution in [1.29, 1.82) is 0 Å². The molecule has 4 heteroatoms. The third kappa shape index (κ3) is 2.37. The minimum atomic E-state index is 0.310. The smallest absolute Gasteiger partial charge is 0.141 e. The Balaban J connectivity index is 4.63. The fraction of sp³-hybridized carbons (Fsp3) is 0.167. The highest BCUT2D eigenvalue weighted by atomic mass is 35.5. The molecule has 0 unspecified atom stereocenters. The average Bonchev–Trinajstić information content (AvgIpc) is 2.00. The van der Waals surface area contributed by atoms with Crippen molar-refractivity contribution in [3.05, 3.63) is 22.1 Å². The summed E-state index contributed by atoms with van der Waals surface area (Å²) in [6.45, 7) is 5.19. The monoisotopic (exact) mass is 174 g/mol. The number of halogens is 1. The Morgan fingerprint density at radius 1 is 1.80 bits per heavy atom. The number of nitrogens with zero attached hydrogens (tertiary/aromatic N) is 1. The Kier molecular flexibility index (Phi) is 4.07. The first-order chi connectivity index (χ1) is 4.63. The average molecular weight is 175 g/mol. The van der Waals surface area contributed by atoms with E-state index >= 15 is 0 Å². The second kappa shape index (κ2) is 4.30. The second-order valence-electron chi connectivity index (χ2n) is 1.83. The van der Waals surface area contributed by atoms with E-state index in [1.165, 1.54) is 0 Å². The fourth-order valence-corrected chi connectivity index (χ4v) is 0.823. The predicted molar refractivity (Wildman–Crippen MR) is 50.3 cm³/mol. The van der Waals surface area contributed by atoms with E-state index < -0.39 is 0 Å². The van der Waals surface area contributed by atoms with E-state index in [9.17, 15) is 0 Å². The van der Waals surface area contributed by atoms with E-state index in [1.54, 1.807) is 0 Å². The lowest BCUT2D eigenvalue weighted by Gasteiger charge is -1.98. The molecule has 0 saturated carbocycles. The first-order valence-electron chi connectivity index (χ1n) is 2.88. The number of nitrogens with two attached hydrogens (primary N) is 1. The molecule has 0 bridgehead atoms. The van der Waals surface area contributed by atoms with Gasteiger partial charge in [0.15, 0.2) is 0 Å². The molecule has 56 valence electrons. The Labute approximate surface area is 68.9 Å². The first kappa shape index (κ1) is 9.46. The predicted octanol–water partition coefficient (Wildman–Crippen LogP) is 0.323. The molecule has 0 aromatic rings. The van der Waals surface area contributed by atoms with E-state index in [2.05, 4.69) is 11.7 Å². The topological polar surface area (TPSA) is 38.4 Å². The van der Waals surface area contributed by atoms with E-state index in [4.69, 9.17) is 17.3 Å². The molecule has 0 saturated heterocycles. The van der Waals surface area contributed by atoms with Gasteiger partial charge >= 0.3 is 0 Å². The minimum absolute atomic E-state index is 0.310. The summed E-state index contributed by atoms with van der Waals surface area (Å²) in [6, 6.07) is 0. The van der Waals surface area contributed by atoms with Crippen molar-refractivity contribution in [3.63, 3.8) is 0 Å². The van der Waals surface area contributed by atoms with Crippen molar-refractivity contribution < 1.29 is 0 Å². The zero-order valence-corrected chi connectivity index (χ0v) is 8.94. The van der Waals surface area contributed by atoms with Gasteiger partial charge in [-0.1, -0.05) is 22.9 Å². The third-order valence-electron chi connectivity index (χ3n) is 1.17. The van der Waals surface area contributed by atoms with Gasteiger partial charge in [0.05, 0.1) is 5.03 Å². The van der Waals surface area contributed by atoms with Crippen LogP contribution in [-0.2, 0) is 0 Å². The molecule has 0 aromatic carbocycles. The minimum Gasteiger partial charge on any atom is -0.382 e. The third-order valence-corrected chi connectivity index (χ3v) is 3.06. The van der Waals surface area contributed by atoms with Gasteiger partial charge < -0.3 is 5.73 Å². The van der Waals surface area contributed by atoms with Crippen LogP contribution in [0.5, 0.6) is 0 Å². The summed E-state index contributed by atoms with van der Waals surface area (Å²) in [7, 11) is 0.880. The number of hydrogen-bond donors (Lipinski definition) is 1. The van der Waals surface area contributed by atoms with Gasteiger partial charge in [-0.2, -0.15) is 0 Å². The number of aliphatic imine (C=N–C) groups is 1. The van der Waals surface area contributed by atoms with Crippen molar-refractivity contribution in [2.45, 2.75) is 6.92 Å². The van der Waals surface area contributed by atoms with Crippen molar-refractivity contribution in [3.8, 4) is 0 Å². The quantitative estimate of drug-likeness (QED) is 0.366. The van der Waals surface area contributed by atoms with Crippen LogP contribution in [0.2, 0.25) is 0 Å². The molecule has 0 heterocycles. The fourth-order valence-electron chi connectivity index (χ4n) is 0.398. The SMILES string of the molecule is C=N/C(N)=C(Cl)\C([SiH3])=C/C. The Hall–Kier alpha value is -0.543. The Bertz CT molecular complexity index is 196. The molecule has 0 rings (SSSR count). The summed E-state index contributed by atoms with van der Waals surface area (Å²) in [4.78, 5) is 3.51. The summed E-state index contributed by atoms with van der Waals surface area (Å²) in [5, 5.41) is 1.58. The van der Waals surface area contributed by atoms with Gasteiger partial charge in [0.2, 0.25) is 0 Å². The highest BCUT2D eigenvalue weighted by molar-refractivity contribution is 6.41. The van der Waals surface area contributed by atoms with Crippen LogP contribution in [0, 0.1) is 0 Å². The second-order valence-corrected chi connectivity index (χ2v) is 3.28. The lowest BCUT2D eigenvalue weighted by Crippen LogP contribution is -1.97. The maximum Gasteiger partial charge on any atom is 0.141 e. The van der Waals surface area contributed by atoms with Gasteiger partial charge in [-0.25, -0.2) is 4.99 Å². The van der Waals surface area contributed by atoms with Crippen LogP contribution in [0.25, 0.3) is 0 Å². The zero-order chi connectivity index (χ0) is 8.15. The normalized spacial score (nSPS) is 14.8. The first-order valence-corrected chi connectivity index (χ1v) is 4.26.